The molecule has 0 spiro atoms. The van der Waals surface area contributed by atoms with Crippen molar-refractivity contribution in [2.45, 2.75) is 12.5 Å². The smallest absolute Gasteiger partial charge is 0.0712 e. The molecule has 1 heterocycles. The summed E-state index contributed by atoms with van der Waals surface area (Å²) in [6.07, 6.45) is 1.52. The molecule has 1 fully saturated rings. The topological polar surface area (TPSA) is 39.7 Å². The van der Waals surface area contributed by atoms with Gasteiger partial charge in [-0.15, -0.1) is 0 Å². The maximum Gasteiger partial charge on any atom is 0.0712 e. The fourth-order valence-electron chi connectivity index (χ4n) is 1.29. The Labute approximate surface area is 79.5 Å². The fourth-order valence-corrected chi connectivity index (χ4v) is 1.29. The predicted octanol–water partition coefficient (Wildman–Crippen LogP) is 0.0279. The second-order valence-electron chi connectivity index (χ2n) is 3.09. The van der Waals surface area contributed by atoms with E-state index in [-0.39, 0.29) is 0 Å². The SMILES string of the molecule is COCCOCCO[C@@H]1CCNC1. The van der Waals surface area contributed by atoms with Crippen molar-refractivity contribution in [3.63, 3.8) is 0 Å². The fraction of sp³-hybridized carbons (Fsp3) is 1.00. The van der Waals surface area contributed by atoms with Crippen molar-refractivity contribution < 1.29 is 14.2 Å². The normalized spacial score (nSPS) is 22.4. The van der Waals surface area contributed by atoms with Crippen molar-refractivity contribution in [2.24, 2.45) is 0 Å². The first-order chi connectivity index (χ1) is 6.43. The summed E-state index contributed by atoms with van der Waals surface area (Å²) in [5, 5.41) is 3.25. The lowest BCUT2D eigenvalue weighted by molar-refractivity contribution is 0.000263. The molecule has 0 unspecified atom stereocenters. The van der Waals surface area contributed by atoms with E-state index >= 15 is 0 Å². The third kappa shape index (κ3) is 5.21. The summed E-state index contributed by atoms with van der Waals surface area (Å²) in [6.45, 7) is 4.73. The van der Waals surface area contributed by atoms with E-state index in [1.165, 1.54) is 0 Å². The summed E-state index contributed by atoms with van der Waals surface area (Å²) in [6, 6.07) is 0. The van der Waals surface area contributed by atoms with Crippen LogP contribution in [0, 0.1) is 0 Å². The van der Waals surface area contributed by atoms with E-state index in [1.54, 1.807) is 7.11 Å². The molecule has 0 radical (unpaired) electrons. The van der Waals surface area contributed by atoms with Crippen molar-refractivity contribution in [3.8, 4) is 0 Å². The Morgan fingerprint density at radius 3 is 2.77 bits per heavy atom. The van der Waals surface area contributed by atoms with Crippen LogP contribution in [0.5, 0.6) is 0 Å². The molecule has 1 aliphatic rings. The lowest BCUT2D eigenvalue weighted by atomic mass is 10.3. The highest BCUT2D eigenvalue weighted by Gasteiger charge is 2.13. The molecule has 0 amide bonds. The summed E-state index contributed by atoms with van der Waals surface area (Å²) in [7, 11) is 1.67. The molecule has 1 rings (SSSR count). The highest BCUT2D eigenvalue weighted by Crippen LogP contribution is 2.01. The van der Waals surface area contributed by atoms with E-state index in [2.05, 4.69) is 5.32 Å². The van der Waals surface area contributed by atoms with E-state index in [4.69, 9.17) is 14.2 Å². The molecule has 1 N–H and O–H groups in total. The largest absolute Gasteiger partial charge is 0.382 e. The van der Waals surface area contributed by atoms with Gasteiger partial charge >= 0.3 is 0 Å². The molecule has 1 aliphatic heterocycles. The van der Waals surface area contributed by atoms with Crippen molar-refractivity contribution in [1.29, 1.82) is 0 Å². The third-order valence-electron chi connectivity index (χ3n) is 2.03. The third-order valence-corrected chi connectivity index (χ3v) is 2.03. The average Bonchev–Trinajstić information content (AvgIpc) is 2.63. The summed E-state index contributed by atoms with van der Waals surface area (Å²) in [5.74, 6) is 0. The van der Waals surface area contributed by atoms with Crippen LogP contribution in [-0.2, 0) is 14.2 Å². The van der Waals surface area contributed by atoms with E-state index in [0.29, 0.717) is 32.5 Å². The van der Waals surface area contributed by atoms with Gasteiger partial charge in [0, 0.05) is 13.7 Å². The van der Waals surface area contributed by atoms with Gasteiger partial charge in [0.2, 0.25) is 0 Å². The Kier molecular flexibility index (Phi) is 6.10. The molecule has 1 saturated heterocycles. The zero-order valence-corrected chi connectivity index (χ0v) is 8.25. The quantitative estimate of drug-likeness (QED) is 0.573. The van der Waals surface area contributed by atoms with Crippen LogP contribution < -0.4 is 5.32 Å². The average molecular weight is 189 g/mol. The Hall–Kier alpha value is -0.160. The van der Waals surface area contributed by atoms with Crippen LogP contribution in [0.15, 0.2) is 0 Å². The van der Waals surface area contributed by atoms with Crippen LogP contribution in [-0.4, -0.2) is 52.7 Å². The Bertz CT molecular complexity index is 115. The van der Waals surface area contributed by atoms with Gasteiger partial charge in [-0.2, -0.15) is 0 Å². The second-order valence-corrected chi connectivity index (χ2v) is 3.09. The summed E-state index contributed by atoms with van der Waals surface area (Å²) in [4.78, 5) is 0. The van der Waals surface area contributed by atoms with Crippen LogP contribution in [0.25, 0.3) is 0 Å². The zero-order chi connectivity index (χ0) is 9.36. The monoisotopic (exact) mass is 189 g/mol. The van der Waals surface area contributed by atoms with Gasteiger partial charge in [0.25, 0.3) is 0 Å². The molecule has 0 aliphatic carbocycles. The van der Waals surface area contributed by atoms with Crippen molar-refractivity contribution in [3.05, 3.63) is 0 Å². The molecule has 78 valence electrons. The standard InChI is InChI=1S/C9H19NO3/c1-11-4-5-12-6-7-13-9-2-3-10-8-9/h9-10H,2-8H2,1H3/t9-/m1/s1. The van der Waals surface area contributed by atoms with Crippen molar-refractivity contribution >= 4 is 0 Å². The Balaban J connectivity index is 1.78. The van der Waals surface area contributed by atoms with Crippen LogP contribution in [0.1, 0.15) is 6.42 Å². The Morgan fingerprint density at radius 2 is 2.08 bits per heavy atom. The van der Waals surface area contributed by atoms with Crippen LogP contribution in [0.3, 0.4) is 0 Å². The van der Waals surface area contributed by atoms with Gasteiger partial charge in [-0.25, -0.2) is 0 Å². The van der Waals surface area contributed by atoms with E-state index < -0.39 is 0 Å². The van der Waals surface area contributed by atoms with Crippen molar-refractivity contribution in [1.82, 2.24) is 5.32 Å². The molecule has 4 heteroatoms. The minimum Gasteiger partial charge on any atom is -0.382 e. The molecular formula is C9H19NO3. The highest BCUT2D eigenvalue weighted by molar-refractivity contribution is 4.70. The minimum atomic E-state index is 0.394. The number of hydrogen-bond donors (Lipinski definition) is 1. The van der Waals surface area contributed by atoms with Gasteiger partial charge < -0.3 is 19.5 Å². The molecule has 0 bridgehead atoms. The lowest BCUT2D eigenvalue weighted by Crippen LogP contribution is -2.19. The predicted molar refractivity (Wildman–Crippen MR) is 49.9 cm³/mol. The number of rotatable bonds is 7. The molecule has 0 aromatic carbocycles. The van der Waals surface area contributed by atoms with Crippen molar-refractivity contribution in [2.75, 3.05) is 46.6 Å². The number of nitrogens with one attached hydrogen (secondary N) is 1. The molecule has 4 nitrogen and oxygen atoms in total. The molecule has 0 aromatic rings. The first-order valence-corrected chi connectivity index (χ1v) is 4.82. The van der Waals surface area contributed by atoms with Gasteiger partial charge in [-0.05, 0) is 13.0 Å². The zero-order valence-electron chi connectivity index (χ0n) is 8.25. The number of hydrogen-bond acceptors (Lipinski definition) is 4. The van der Waals surface area contributed by atoms with Crippen LogP contribution in [0.4, 0.5) is 0 Å². The van der Waals surface area contributed by atoms with Gasteiger partial charge in [0.15, 0.2) is 0 Å². The summed E-state index contributed by atoms with van der Waals surface area (Å²) < 4.78 is 15.7. The second kappa shape index (κ2) is 7.26. The van der Waals surface area contributed by atoms with E-state index in [0.717, 1.165) is 19.5 Å². The molecule has 0 aromatic heterocycles. The molecule has 1 atom stereocenters. The summed E-state index contributed by atoms with van der Waals surface area (Å²) >= 11 is 0. The van der Waals surface area contributed by atoms with E-state index in [9.17, 15) is 0 Å². The highest BCUT2D eigenvalue weighted by atomic mass is 16.5. The minimum absolute atomic E-state index is 0.394. The lowest BCUT2D eigenvalue weighted by Gasteiger charge is -2.10. The van der Waals surface area contributed by atoms with Crippen LogP contribution >= 0.6 is 0 Å². The Morgan fingerprint density at radius 1 is 1.23 bits per heavy atom. The first kappa shape index (κ1) is 10.9. The first-order valence-electron chi connectivity index (χ1n) is 4.82. The number of ether oxygens (including phenoxy) is 3. The maximum absolute atomic E-state index is 5.55. The molecular weight excluding hydrogens is 170 g/mol. The van der Waals surface area contributed by atoms with Gasteiger partial charge in [0.05, 0.1) is 32.5 Å². The molecule has 0 saturated carbocycles. The van der Waals surface area contributed by atoms with Gasteiger partial charge in [-0.3, -0.25) is 0 Å². The van der Waals surface area contributed by atoms with Gasteiger partial charge in [-0.1, -0.05) is 0 Å². The van der Waals surface area contributed by atoms with Gasteiger partial charge in [0.1, 0.15) is 0 Å². The van der Waals surface area contributed by atoms with Crippen LogP contribution in [0.2, 0.25) is 0 Å². The molecule has 13 heavy (non-hydrogen) atoms. The van der Waals surface area contributed by atoms with E-state index in [1.807, 2.05) is 0 Å². The maximum atomic E-state index is 5.55. The number of methoxy groups -OCH3 is 1. The summed E-state index contributed by atoms with van der Waals surface area (Å²) in [5.41, 5.74) is 0.